The minimum absolute atomic E-state index is 0.399. The van der Waals surface area contributed by atoms with Crippen molar-refractivity contribution in [2.24, 2.45) is 28.2 Å². The first-order valence-electron chi connectivity index (χ1n) is 7.43. The van der Waals surface area contributed by atoms with Gasteiger partial charge in [-0.1, -0.05) is 0 Å². The zero-order valence-corrected chi connectivity index (χ0v) is 14.5. The second-order valence-electron chi connectivity index (χ2n) is 5.69. The van der Waals surface area contributed by atoms with Gasteiger partial charge in [-0.2, -0.15) is 0 Å². The highest BCUT2D eigenvalue weighted by Crippen LogP contribution is 2.01. The van der Waals surface area contributed by atoms with Crippen LogP contribution >= 0.6 is 0 Å². The van der Waals surface area contributed by atoms with Crippen molar-refractivity contribution in [3.8, 4) is 0 Å². The third kappa shape index (κ3) is 2.56. The predicted molar refractivity (Wildman–Crippen MR) is 93.2 cm³/mol. The maximum Gasteiger partial charge on any atom is 0.329 e. The lowest BCUT2D eigenvalue weighted by atomic mass is 10.5. The molecule has 0 bridgehead atoms. The maximum atomic E-state index is 11.3. The Kier molecular flexibility index (Phi) is 3.94. The van der Waals surface area contributed by atoms with Crippen molar-refractivity contribution < 1.29 is 0 Å². The summed E-state index contributed by atoms with van der Waals surface area (Å²) in [6.45, 7) is 0. The monoisotopic (exact) mass is 360 g/mol. The lowest BCUT2D eigenvalue weighted by Gasteiger charge is -1.97. The van der Waals surface area contributed by atoms with Crippen LogP contribution in [0.1, 0.15) is 0 Å². The molecular weight excluding hydrogens is 344 g/mol. The summed E-state index contributed by atoms with van der Waals surface area (Å²) in [4.78, 5) is 57.1. The molecule has 4 heterocycles. The lowest BCUT2D eigenvalue weighted by Crippen LogP contribution is -2.28. The summed E-state index contributed by atoms with van der Waals surface area (Å²) in [5, 5.41) is 0. The van der Waals surface area contributed by atoms with Crippen molar-refractivity contribution >= 4 is 22.3 Å². The van der Waals surface area contributed by atoms with Crippen LogP contribution < -0.4 is 22.5 Å². The fourth-order valence-corrected chi connectivity index (χ4v) is 2.52. The molecule has 0 amide bonds. The van der Waals surface area contributed by atoms with E-state index in [4.69, 9.17) is 0 Å². The second kappa shape index (κ2) is 5.98. The molecule has 0 radical (unpaired) electrons. The number of rotatable bonds is 0. The largest absolute Gasteiger partial charge is 0.329 e. The van der Waals surface area contributed by atoms with Crippen molar-refractivity contribution in [3.05, 3.63) is 54.3 Å². The van der Waals surface area contributed by atoms with E-state index >= 15 is 0 Å². The zero-order chi connectivity index (χ0) is 19.2. The summed E-state index contributed by atoms with van der Waals surface area (Å²) < 4.78 is 5.76. The molecule has 0 aliphatic rings. The van der Waals surface area contributed by atoms with Crippen LogP contribution in [0.3, 0.4) is 0 Å². The molecule has 0 aliphatic heterocycles. The average molecular weight is 360 g/mol. The Labute approximate surface area is 144 Å². The van der Waals surface area contributed by atoms with E-state index in [0.29, 0.717) is 22.3 Å². The van der Waals surface area contributed by atoms with Gasteiger partial charge < -0.3 is 9.13 Å². The van der Waals surface area contributed by atoms with Gasteiger partial charge in [0.15, 0.2) is 22.3 Å². The molecule has 12 nitrogen and oxygen atoms in total. The molecule has 0 saturated heterocycles. The van der Waals surface area contributed by atoms with Crippen molar-refractivity contribution in [1.29, 1.82) is 0 Å². The van der Waals surface area contributed by atoms with Gasteiger partial charge in [0.05, 0.1) is 12.7 Å². The summed E-state index contributed by atoms with van der Waals surface area (Å²) in [5.74, 6) is 0. The number of H-pyrrole nitrogens is 2. The summed E-state index contributed by atoms with van der Waals surface area (Å²) in [5.41, 5.74) is -0.0969. The number of hydrogen-bond donors (Lipinski definition) is 2. The van der Waals surface area contributed by atoms with Crippen LogP contribution in [0, 0.1) is 0 Å². The highest BCUT2D eigenvalue weighted by Gasteiger charge is 2.09. The molecule has 136 valence electrons. The van der Waals surface area contributed by atoms with Gasteiger partial charge in [0.1, 0.15) is 0 Å². The SMILES string of the molecule is Cn1cnc2c1c(=O)[nH]c(=O)n2C.Cn1cnc2c1c(=O)[nH]c(=O)n2C. The zero-order valence-electron chi connectivity index (χ0n) is 14.5. The number of hydrogen-bond acceptors (Lipinski definition) is 6. The van der Waals surface area contributed by atoms with Gasteiger partial charge in [0.2, 0.25) is 0 Å². The van der Waals surface area contributed by atoms with E-state index in [-0.39, 0.29) is 0 Å². The first-order valence-corrected chi connectivity index (χ1v) is 7.43. The van der Waals surface area contributed by atoms with Crippen molar-refractivity contribution in [2.45, 2.75) is 0 Å². The second-order valence-corrected chi connectivity index (χ2v) is 5.69. The average Bonchev–Trinajstić information content (AvgIpc) is 3.15. The Bertz CT molecular complexity index is 1250. The summed E-state index contributed by atoms with van der Waals surface area (Å²) in [7, 11) is 6.53. The van der Waals surface area contributed by atoms with Crippen LogP contribution in [0.25, 0.3) is 22.3 Å². The Balaban J connectivity index is 0.000000151. The third-order valence-electron chi connectivity index (χ3n) is 3.95. The molecule has 0 fully saturated rings. The summed E-state index contributed by atoms with van der Waals surface area (Å²) in [6, 6.07) is 0. The predicted octanol–water partition coefficient (Wildman–Crippen LogP) is -2.08. The van der Waals surface area contributed by atoms with E-state index in [9.17, 15) is 19.2 Å². The number of nitrogens with zero attached hydrogens (tertiary/aromatic N) is 6. The Hall–Kier alpha value is -3.70. The first kappa shape index (κ1) is 17.1. The molecule has 0 spiro atoms. The lowest BCUT2D eigenvalue weighted by molar-refractivity contribution is 0.829. The fourth-order valence-electron chi connectivity index (χ4n) is 2.52. The standard InChI is InChI=1S/2C7H8N4O2/c2*1-10-3-8-5-4(10)6(12)9-7(13)11(5)2/h2*3H,1-2H3,(H,9,12,13). The topological polar surface area (TPSA) is 145 Å². The molecule has 0 saturated carbocycles. The molecule has 4 aromatic rings. The molecule has 4 aromatic heterocycles. The molecule has 4 rings (SSSR count). The number of fused-ring (bicyclic) bond motifs is 2. The minimum Gasteiger partial charge on any atom is -0.328 e. The first-order chi connectivity index (χ1) is 12.2. The molecule has 0 aromatic carbocycles. The normalized spacial score (nSPS) is 10.9. The van der Waals surface area contributed by atoms with Crippen molar-refractivity contribution in [2.75, 3.05) is 0 Å². The Morgan fingerprint density at radius 2 is 1.04 bits per heavy atom. The number of nitrogens with one attached hydrogen (secondary N) is 2. The van der Waals surface area contributed by atoms with E-state index in [2.05, 4.69) is 19.9 Å². The number of aryl methyl sites for hydroxylation is 4. The van der Waals surface area contributed by atoms with Crippen molar-refractivity contribution in [3.63, 3.8) is 0 Å². The number of aromatic amines is 2. The minimum atomic E-state index is -0.448. The Morgan fingerprint density at radius 3 is 1.38 bits per heavy atom. The van der Waals surface area contributed by atoms with Crippen LogP contribution in [0.2, 0.25) is 0 Å². The molecular formula is C14H16N8O4. The van der Waals surface area contributed by atoms with Crippen LogP contribution in [-0.2, 0) is 28.2 Å². The fraction of sp³-hybridized carbons (Fsp3) is 0.286. The van der Waals surface area contributed by atoms with E-state index in [1.807, 2.05) is 0 Å². The van der Waals surface area contributed by atoms with E-state index in [0.717, 1.165) is 0 Å². The quantitative estimate of drug-likeness (QED) is 0.368. The molecule has 12 heteroatoms. The maximum absolute atomic E-state index is 11.3. The molecule has 0 atom stereocenters. The van der Waals surface area contributed by atoms with Crippen LogP contribution in [0.15, 0.2) is 31.8 Å². The van der Waals surface area contributed by atoms with Crippen LogP contribution in [0.4, 0.5) is 0 Å². The van der Waals surface area contributed by atoms with Gasteiger partial charge in [-0.25, -0.2) is 19.6 Å². The van der Waals surface area contributed by atoms with E-state index < -0.39 is 22.5 Å². The van der Waals surface area contributed by atoms with Gasteiger partial charge in [-0.05, 0) is 0 Å². The summed E-state index contributed by atoms with van der Waals surface area (Å²) in [6.07, 6.45) is 3.00. The van der Waals surface area contributed by atoms with Gasteiger partial charge in [-0.3, -0.25) is 28.7 Å². The number of imidazole rings is 2. The molecule has 0 unspecified atom stereocenters. The molecule has 0 aliphatic carbocycles. The number of aromatic nitrogens is 8. The molecule has 26 heavy (non-hydrogen) atoms. The van der Waals surface area contributed by atoms with E-state index in [1.165, 1.54) is 21.8 Å². The van der Waals surface area contributed by atoms with Crippen LogP contribution in [0.5, 0.6) is 0 Å². The smallest absolute Gasteiger partial charge is 0.328 e. The Morgan fingerprint density at radius 1 is 0.692 bits per heavy atom. The van der Waals surface area contributed by atoms with Gasteiger partial charge in [0.25, 0.3) is 11.1 Å². The highest BCUT2D eigenvalue weighted by molar-refractivity contribution is 5.70. The van der Waals surface area contributed by atoms with Crippen LogP contribution in [-0.4, -0.2) is 38.2 Å². The van der Waals surface area contributed by atoms with Gasteiger partial charge >= 0.3 is 11.4 Å². The third-order valence-corrected chi connectivity index (χ3v) is 3.95. The van der Waals surface area contributed by atoms with E-state index in [1.54, 1.807) is 37.3 Å². The summed E-state index contributed by atoms with van der Waals surface area (Å²) >= 11 is 0. The molecule has 2 N–H and O–H groups in total. The van der Waals surface area contributed by atoms with Crippen molar-refractivity contribution in [1.82, 2.24) is 38.2 Å². The van der Waals surface area contributed by atoms with Gasteiger partial charge in [-0.15, -0.1) is 0 Å². The highest BCUT2D eigenvalue weighted by atomic mass is 16.2. The van der Waals surface area contributed by atoms with Gasteiger partial charge in [0, 0.05) is 28.2 Å².